The summed E-state index contributed by atoms with van der Waals surface area (Å²) in [5.74, 6) is 0.297. The van der Waals surface area contributed by atoms with E-state index in [9.17, 15) is 4.79 Å². The molecule has 6 nitrogen and oxygen atoms in total. The van der Waals surface area contributed by atoms with Crippen molar-refractivity contribution in [1.82, 2.24) is 14.8 Å². The van der Waals surface area contributed by atoms with E-state index >= 15 is 0 Å². The van der Waals surface area contributed by atoms with Crippen molar-refractivity contribution < 1.29 is 4.79 Å². The standard InChI is InChI=1S/C26H27N5OS/c1-19(2)31(23-15-13-22(14-16-23)28-21-10-5-4-6-11-21)25(32)17-33-26-29-27-18-30(26)24-12-8-7-9-20(24)3/h4-16,18-19,28H,17H2,1-3H3. The van der Waals surface area contributed by atoms with E-state index in [1.807, 2.05) is 109 Å². The number of anilines is 3. The molecule has 1 N–H and O–H groups in total. The van der Waals surface area contributed by atoms with E-state index in [0.717, 1.165) is 28.3 Å². The zero-order chi connectivity index (χ0) is 23.2. The number of para-hydroxylation sites is 2. The fraction of sp³-hybridized carbons (Fsp3) is 0.192. The SMILES string of the molecule is Cc1ccccc1-n1cnnc1SCC(=O)N(c1ccc(Nc2ccccc2)cc1)C(C)C. The van der Waals surface area contributed by atoms with Gasteiger partial charge < -0.3 is 10.2 Å². The van der Waals surface area contributed by atoms with Crippen LogP contribution in [0.4, 0.5) is 17.1 Å². The second-order valence-electron chi connectivity index (χ2n) is 7.95. The highest BCUT2D eigenvalue weighted by molar-refractivity contribution is 7.99. The summed E-state index contributed by atoms with van der Waals surface area (Å²) in [6.45, 7) is 6.09. The Morgan fingerprint density at radius 2 is 1.64 bits per heavy atom. The van der Waals surface area contributed by atoms with Gasteiger partial charge in [-0.05, 0) is 68.8 Å². The minimum absolute atomic E-state index is 0.0260. The first-order valence-electron chi connectivity index (χ1n) is 10.9. The Labute approximate surface area is 198 Å². The lowest BCUT2D eigenvalue weighted by molar-refractivity contribution is -0.116. The number of amides is 1. The van der Waals surface area contributed by atoms with E-state index in [-0.39, 0.29) is 17.7 Å². The van der Waals surface area contributed by atoms with Gasteiger partial charge in [0.05, 0.1) is 11.4 Å². The molecule has 0 spiro atoms. The number of aryl methyl sites for hydroxylation is 1. The van der Waals surface area contributed by atoms with Gasteiger partial charge in [-0.25, -0.2) is 0 Å². The maximum Gasteiger partial charge on any atom is 0.237 e. The van der Waals surface area contributed by atoms with Crippen molar-refractivity contribution >= 4 is 34.7 Å². The van der Waals surface area contributed by atoms with Gasteiger partial charge in [0.25, 0.3) is 0 Å². The Kier molecular flexibility index (Phi) is 7.10. The van der Waals surface area contributed by atoms with Crippen LogP contribution in [0.2, 0.25) is 0 Å². The number of benzene rings is 3. The molecule has 33 heavy (non-hydrogen) atoms. The highest BCUT2D eigenvalue weighted by Gasteiger charge is 2.20. The maximum absolute atomic E-state index is 13.2. The van der Waals surface area contributed by atoms with E-state index in [0.29, 0.717) is 5.16 Å². The molecule has 4 rings (SSSR count). The summed E-state index contributed by atoms with van der Waals surface area (Å²) in [7, 11) is 0. The fourth-order valence-corrected chi connectivity index (χ4v) is 4.42. The van der Waals surface area contributed by atoms with Crippen molar-refractivity contribution in [2.45, 2.75) is 32.0 Å². The van der Waals surface area contributed by atoms with Gasteiger partial charge in [-0.15, -0.1) is 10.2 Å². The summed E-state index contributed by atoms with van der Waals surface area (Å²) in [6.07, 6.45) is 1.69. The Bertz CT molecular complexity index is 1200. The third-order valence-electron chi connectivity index (χ3n) is 5.21. The molecule has 0 saturated carbocycles. The molecule has 0 bridgehead atoms. The summed E-state index contributed by atoms with van der Waals surface area (Å²) < 4.78 is 1.93. The number of aromatic nitrogens is 3. The molecule has 0 atom stereocenters. The molecular weight excluding hydrogens is 430 g/mol. The molecule has 0 saturated heterocycles. The van der Waals surface area contributed by atoms with Gasteiger partial charge in [-0.2, -0.15) is 0 Å². The van der Waals surface area contributed by atoms with Crippen molar-refractivity contribution in [1.29, 1.82) is 0 Å². The second-order valence-corrected chi connectivity index (χ2v) is 8.90. The summed E-state index contributed by atoms with van der Waals surface area (Å²) in [5, 5.41) is 12.4. The van der Waals surface area contributed by atoms with Gasteiger partial charge in [0.15, 0.2) is 5.16 Å². The number of nitrogens with one attached hydrogen (secondary N) is 1. The molecule has 0 fully saturated rings. The van der Waals surface area contributed by atoms with E-state index < -0.39 is 0 Å². The third-order valence-corrected chi connectivity index (χ3v) is 6.14. The molecule has 1 amide bonds. The summed E-state index contributed by atoms with van der Waals surface area (Å²) in [4.78, 5) is 15.0. The van der Waals surface area contributed by atoms with E-state index in [2.05, 4.69) is 15.5 Å². The molecule has 168 valence electrons. The summed E-state index contributed by atoms with van der Waals surface area (Å²) in [5.41, 5.74) is 5.01. The average molecular weight is 458 g/mol. The second kappa shape index (κ2) is 10.4. The van der Waals surface area contributed by atoms with Gasteiger partial charge in [0.1, 0.15) is 6.33 Å². The van der Waals surface area contributed by atoms with Crippen LogP contribution in [-0.2, 0) is 4.79 Å². The molecule has 4 aromatic rings. The third kappa shape index (κ3) is 5.43. The minimum Gasteiger partial charge on any atom is -0.356 e. The van der Waals surface area contributed by atoms with E-state index in [1.54, 1.807) is 6.33 Å². The lowest BCUT2D eigenvalue weighted by Gasteiger charge is -2.27. The van der Waals surface area contributed by atoms with Gasteiger partial charge in [-0.3, -0.25) is 9.36 Å². The fourth-order valence-electron chi connectivity index (χ4n) is 3.64. The van der Waals surface area contributed by atoms with Crippen LogP contribution < -0.4 is 10.2 Å². The lowest BCUT2D eigenvalue weighted by Crippen LogP contribution is -2.38. The molecule has 1 heterocycles. The molecule has 0 radical (unpaired) electrons. The number of nitrogens with zero attached hydrogens (tertiary/aromatic N) is 4. The number of thioether (sulfide) groups is 1. The minimum atomic E-state index is 0.0260. The Morgan fingerprint density at radius 3 is 2.33 bits per heavy atom. The van der Waals surface area contributed by atoms with E-state index in [1.165, 1.54) is 11.8 Å². The van der Waals surface area contributed by atoms with Crippen molar-refractivity contribution in [3.63, 3.8) is 0 Å². The van der Waals surface area contributed by atoms with Gasteiger partial charge in [-0.1, -0.05) is 48.2 Å². The van der Waals surface area contributed by atoms with Gasteiger partial charge in [0.2, 0.25) is 5.91 Å². The predicted octanol–water partition coefficient (Wildman–Crippen LogP) is 5.85. The van der Waals surface area contributed by atoms with Crippen LogP contribution in [0.15, 0.2) is 90.3 Å². The number of carbonyl (C=O) groups is 1. The van der Waals surface area contributed by atoms with E-state index in [4.69, 9.17) is 0 Å². The number of hydrogen-bond acceptors (Lipinski definition) is 5. The molecule has 0 aliphatic carbocycles. The zero-order valence-electron chi connectivity index (χ0n) is 19.0. The number of carbonyl (C=O) groups excluding carboxylic acids is 1. The topological polar surface area (TPSA) is 63.1 Å². The molecular formula is C26H27N5OS. The van der Waals surface area contributed by atoms with Crippen LogP contribution in [0, 0.1) is 6.92 Å². The van der Waals surface area contributed by atoms with Crippen LogP contribution in [0.1, 0.15) is 19.4 Å². The van der Waals surface area contributed by atoms with Crippen LogP contribution in [0.5, 0.6) is 0 Å². The highest BCUT2D eigenvalue weighted by atomic mass is 32.2. The molecule has 1 aromatic heterocycles. The number of rotatable bonds is 8. The molecule has 3 aromatic carbocycles. The average Bonchev–Trinajstić information content (AvgIpc) is 3.28. The summed E-state index contributed by atoms with van der Waals surface area (Å²) >= 11 is 1.40. The van der Waals surface area contributed by atoms with Gasteiger partial charge >= 0.3 is 0 Å². The Morgan fingerprint density at radius 1 is 0.970 bits per heavy atom. The van der Waals surface area contributed by atoms with Crippen molar-refractivity contribution in [3.05, 3.63) is 90.8 Å². The Balaban J connectivity index is 1.45. The van der Waals surface area contributed by atoms with Crippen LogP contribution in [-0.4, -0.2) is 32.5 Å². The first kappa shape index (κ1) is 22.6. The van der Waals surface area contributed by atoms with Crippen molar-refractivity contribution in [3.8, 4) is 5.69 Å². The quantitative estimate of drug-likeness (QED) is 0.336. The van der Waals surface area contributed by atoms with Crippen LogP contribution in [0.25, 0.3) is 5.69 Å². The molecule has 7 heteroatoms. The summed E-state index contributed by atoms with van der Waals surface area (Å²) in [6, 6.07) is 26.0. The predicted molar refractivity (Wildman–Crippen MR) is 136 cm³/mol. The van der Waals surface area contributed by atoms with Gasteiger partial charge in [0, 0.05) is 23.1 Å². The smallest absolute Gasteiger partial charge is 0.237 e. The first-order valence-corrected chi connectivity index (χ1v) is 11.8. The zero-order valence-corrected chi connectivity index (χ0v) is 19.8. The Hall–Kier alpha value is -3.58. The largest absolute Gasteiger partial charge is 0.356 e. The van der Waals surface area contributed by atoms with Crippen molar-refractivity contribution in [2.75, 3.05) is 16.0 Å². The molecule has 0 unspecified atom stereocenters. The van der Waals surface area contributed by atoms with Crippen LogP contribution in [0.3, 0.4) is 0 Å². The lowest BCUT2D eigenvalue weighted by atomic mass is 10.2. The first-order chi connectivity index (χ1) is 16.0. The maximum atomic E-state index is 13.2. The van der Waals surface area contributed by atoms with Crippen molar-refractivity contribution in [2.24, 2.45) is 0 Å². The molecule has 0 aliphatic heterocycles. The normalized spacial score (nSPS) is 10.9. The number of hydrogen-bond donors (Lipinski definition) is 1. The highest BCUT2D eigenvalue weighted by Crippen LogP contribution is 2.26. The molecule has 0 aliphatic rings. The monoisotopic (exact) mass is 457 g/mol. The van der Waals surface area contributed by atoms with Crippen LogP contribution >= 0.6 is 11.8 Å².